The van der Waals surface area contributed by atoms with Gasteiger partial charge in [0.2, 0.25) is 5.91 Å². The van der Waals surface area contributed by atoms with Crippen molar-refractivity contribution in [2.75, 3.05) is 0 Å². The molecule has 1 atom stereocenters. The number of imidazole rings is 1. The Morgan fingerprint density at radius 2 is 2.18 bits per heavy atom. The molecule has 0 saturated heterocycles. The minimum Gasteiger partial charge on any atom is -0.345 e. The molecule has 112 valence electrons. The zero-order valence-corrected chi connectivity index (χ0v) is 12.0. The Kier molecular flexibility index (Phi) is 3.69. The van der Waals surface area contributed by atoms with Crippen LogP contribution in [0.2, 0.25) is 0 Å². The number of aromatic amines is 1. The lowest BCUT2D eigenvalue weighted by molar-refractivity contribution is -0.122. The van der Waals surface area contributed by atoms with E-state index in [-0.39, 0.29) is 18.5 Å². The highest BCUT2D eigenvalue weighted by Gasteiger charge is 2.14. The third kappa shape index (κ3) is 2.88. The van der Waals surface area contributed by atoms with E-state index in [9.17, 15) is 9.59 Å². The van der Waals surface area contributed by atoms with E-state index in [2.05, 4.69) is 20.3 Å². The molecule has 7 nitrogen and oxygen atoms in total. The average Bonchev–Trinajstić information content (AvgIpc) is 2.93. The Hall–Kier alpha value is -2.96. The Balaban J connectivity index is 1.71. The highest BCUT2D eigenvalue weighted by atomic mass is 16.2. The molecule has 2 aromatic heterocycles. The van der Waals surface area contributed by atoms with Crippen molar-refractivity contribution in [3.8, 4) is 0 Å². The number of rotatable bonds is 4. The van der Waals surface area contributed by atoms with Crippen LogP contribution >= 0.6 is 0 Å². The summed E-state index contributed by atoms with van der Waals surface area (Å²) >= 11 is 0. The first-order chi connectivity index (χ1) is 10.6. The molecule has 7 heteroatoms. The summed E-state index contributed by atoms with van der Waals surface area (Å²) in [5, 5.41) is 2.81. The molecule has 3 rings (SSSR count). The summed E-state index contributed by atoms with van der Waals surface area (Å²) in [5.74, 6) is 0.399. The van der Waals surface area contributed by atoms with Gasteiger partial charge in [-0.05, 0) is 25.1 Å². The number of H-pyrrole nitrogens is 1. The van der Waals surface area contributed by atoms with Gasteiger partial charge >= 0.3 is 5.69 Å². The first-order valence-electron chi connectivity index (χ1n) is 6.89. The van der Waals surface area contributed by atoms with Crippen LogP contribution < -0.4 is 11.0 Å². The Morgan fingerprint density at radius 3 is 2.95 bits per heavy atom. The van der Waals surface area contributed by atoms with Crippen LogP contribution in [0.4, 0.5) is 0 Å². The summed E-state index contributed by atoms with van der Waals surface area (Å²) in [5.41, 5.74) is 1.32. The van der Waals surface area contributed by atoms with Crippen LogP contribution in [0, 0.1) is 0 Å². The second kappa shape index (κ2) is 5.80. The molecule has 0 aliphatic carbocycles. The van der Waals surface area contributed by atoms with Gasteiger partial charge in [-0.2, -0.15) is 0 Å². The number of amides is 1. The van der Waals surface area contributed by atoms with Crippen molar-refractivity contribution in [1.82, 2.24) is 24.8 Å². The van der Waals surface area contributed by atoms with Gasteiger partial charge in [0.15, 0.2) is 0 Å². The number of nitrogens with zero attached hydrogens (tertiary/aromatic N) is 3. The molecule has 0 bridgehead atoms. The quantitative estimate of drug-likeness (QED) is 0.751. The Bertz CT molecular complexity index is 834. The first kappa shape index (κ1) is 14.0. The van der Waals surface area contributed by atoms with Crippen molar-refractivity contribution in [2.24, 2.45) is 0 Å². The summed E-state index contributed by atoms with van der Waals surface area (Å²) in [6.07, 6.45) is 2.93. The van der Waals surface area contributed by atoms with E-state index < -0.39 is 5.69 Å². The fourth-order valence-electron chi connectivity index (χ4n) is 2.20. The van der Waals surface area contributed by atoms with Gasteiger partial charge < -0.3 is 10.3 Å². The molecule has 0 spiro atoms. The molecule has 0 fully saturated rings. The molecule has 0 saturated carbocycles. The predicted molar refractivity (Wildman–Crippen MR) is 81.1 cm³/mol. The predicted octanol–water partition coefficient (Wildman–Crippen LogP) is 0.997. The molecule has 3 aromatic rings. The van der Waals surface area contributed by atoms with Crippen LogP contribution in [-0.4, -0.2) is 25.4 Å². The smallest absolute Gasteiger partial charge is 0.345 e. The molecule has 1 aromatic carbocycles. The maximum atomic E-state index is 12.0. The number of carbonyl (C=O) groups is 1. The summed E-state index contributed by atoms with van der Waals surface area (Å²) < 4.78 is 1.25. The average molecular weight is 297 g/mol. The number of nitrogens with one attached hydrogen (secondary N) is 2. The second-order valence-corrected chi connectivity index (χ2v) is 4.96. The molecule has 0 unspecified atom stereocenters. The van der Waals surface area contributed by atoms with Crippen molar-refractivity contribution in [3.63, 3.8) is 0 Å². The van der Waals surface area contributed by atoms with Crippen LogP contribution in [0.5, 0.6) is 0 Å². The summed E-state index contributed by atoms with van der Waals surface area (Å²) in [4.78, 5) is 34.7. The molecule has 0 aliphatic heterocycles. The van der Waals surface area contributed by atoms with E-state index >= 15 is 0 Å². The van der Waals surface area contributed by atoms with Gasteiger partial charge in [-0.1, -0.05) is 12.1 Å². The third-order valence-electron chi connectivity index (χ3n) is 3.29. The van der Waals surface area contributed by atoms with Gasteiger partial charge in [0.05, 0.1) is 17.1 Å². The van der Waals surface area contributed by atoms with Crippen molar-refractivity contribution < 1.29 is 4.79 Å². The number of fused-ring (bicyclic) bond motifs is 1. The number of hydrogen-bond donors (Lipinski definition) is 2. The van der Waals surface area contributed by atoms with Gasteiger partial charge in [-0.15, -0.1) is 0 Å². The lowest BCUT2D eigenvalue weighted by Crippen LogP contribution is -2.34. The SMILES string of the molecule is C[C@H](NC(=O)Cn1cccnc1=O)c1nc2ccccc2[nH]1. The molecule has 0 radical (unpaired) electrons. The number of para-hydroxylation sites is 2. The maximum absolute atomic E-state index is 12.0. The van der Waals surface area contributed by atoms with Gasteiger partial charge in [-0.25, -0.2) is 14.8 Å². The van der Waals surface area contributed by atoms with E-state index in [0.717, 1.165) is 11.0 Å². The number of benzene rings is 1. The second-order valence-electron chi connectivity index (χ2n) is 4.96. The van der Waals surface area contributed by atoms with E-state index in [1.54, 1.807) is 6.07 Å². The zero-order valence-electron chi connectivity index (χ0n) is 12.0. The van der Waals surface area contributed by atoms with E-state index in [0.29, 0.717) is 5.82 Å². The topological polar surface area (TPSA) is 92.7 Å². The van der Waals surface area contributed by atoms with Crippen molar-refractivity contribution >= 4 is 16.9 Å². The summed E-state index contributed by atoms with van der Waals surface area (Å²) in [6.45, 7) is 1.76. The summed E-state index contributed by atoms with van der Waals surface area (Å²) in [7, 11) is 0. The monoisotopic (exact) mass is 297 g/mol. The standard InChI is InChI=1S/C15H15N5O2/c1-10(14-18-11-5-2-3-6-12(11)19-14)17-13(21)9-20-8-4-7-16-15(20)22/h2-8,10H,9H2,1H3,(H,17,21)(H,18,19)/t10-/m0/s1. The molecule has 1 amide bonds. The number of aromatic nitrogens is 4. The minimum atomic E-state index is -0.450. The zero-order chi connectivity index (χ0) is 15.5. The third-order valence-corrected chi connectivity index (χ3v) is 3.29. The van der Waals surface area contributed by atoms with Gasteiger partial charge in [-0.3, -0.25) is 9.36 Å². The van der Waals surface area contributed by atoms with Gasteiger partial charge in [0.25, 0.3) is 0 Å². The lowest BCUT2D eigenvalue weighted by atomic mass is 10.3. The van der Waals surface area contributed by atoms with Crippen molar-refractivity contribution in [3.05, 3.63) is 59.0 Å². The first-order valence-corrected chi connectivity index (χ1v) is 6.89. The largest absolute Gasteiger partial charge is 0.347 e. The lowest BCUT2D eigenvalue weighted by Gasteiger charge is -2.12. The normalized spacial score (nSPS) is 12.2. The van der Waals surface area contributed by atoms with Crippen molar-refractivity contribution in [2.45, 2.75) is 19.5 Å². The van der Waals surface area contributed by atoms with Gasteiger partial charge in [0, 0.05) is 12.4 Å². The molecule has 22 heavy (non-hydrogen) atoms. The van der Waals surface area contributed by atoms with Crippen LogP contribution in [0.25, 0.3) is 11.0 Å². The van der Waals surface area contributed by atoms with Crippen LogP contribution in [0.3, 0.4) is 0 Å². The minimum absolute atomic E-state index is 0.0722. The van der Waals surface area contributed by atoms with E-state index in [1.807, 2.05) is 31.2 Å². The molecule has 2 N–H and O–H groups in total. The molecular formula is C15H15N5O2. The highest BCUT2D eigenvalue weighted by Crippen LogP contribution is 2.15. The maximum Gasteiger partial charge on any atom is 0.347 e. The van der Waals surface area contributed by atoms with Crippen LogP contribution in [0.15, 0.2) is 47.5 Å². The van der Waals surface area contributed by atoms with Gasteiger partial charge in [0.1, 0.15) is 12.4 Å². The summed E-state index contributed by atoms with van der Waals surface area (Å²) in [6, 6.07) is 8.98. The Labute approximate surface area is 126 Å². The fraction of sp³-hybridized carbons (Fsp3) is 0.200. The van der Waals surface area contributed by atoms with Crippen LogP contribution in [0.1, 0.15) is 18.8 Å². The highest BCUT2D eigenvalue weighted by molar-refractivity contribution is 5.77. The van der Waals surface area contributed by atoms with E-state index in [1.165, 1.54) is 17.0 Å². The molecular weight excluding hydrogens is 282 g/mol. The Morgan fingerprint density at radius 1 is 1.36 bits per heavy atom. The number of carbonyl (C=O) groups excluding carboxylic acids is 1. The fourth-order valence-corrected chi connectivity index (χ4v) is 2.20. The van der Waals surface area contributed by atoms with E-state index in [4.69, 9.17) is 0 Å². The number of hydrogen-bond acceptors (Lipinski definition) is 4. The molecule has 0 aliphatic rings. The van der Waals surface area contributed by atoms with Crippen molar-refractivity contribution in [1.29, 1.82) is 0 Å². The van der Waals surface area contributed by atoms with Crippen LogP contribution in [-0.2, 0) is 11.3 Å². The molecule has 2 heterocycles.